The van der Waals surface area contributed by atoms with Crippen molar-refractivity contribution in [1.29, 1.82) is 0 Å². The summed E-state index contributed by atoms with van der Waals surface area (Å²) in [4.78, 5) is 35.0. The summed E-state index contributed by atoms with van der Waals surface area (Å²) < 4.78 is 5.34. The third kappa shape index (κ3) is 4.52. The lowest BCUT2D eigenvalue weighted by Gasteiger charge is -2.36. The van der Waals surface area contributed by atoms with Gasteiger partial charge in [0.25, 0.3) is 0 Å². The van der Waals surface area contributed by atoms with E-state index in [-0.39, 0.29) is 11.7 Å². The van der Waals surface area contributed by atoms with Crippen LogP contribution < -0.4 is 0 Å². The Hall–Kier alpha value is -2.22. The van der Waals surface area contributed by atoms with E-state index in [1.54, 1.807) is 0 Å². The Morgan fingerprint density at radius 2 is 1.72 bits per heavy atom. The molecule has 29 heavy (non-hydrogen) atoms. The number of Topliss-reactive ketones (excluding diaryl/α,β-unsaturated/α-hetero) is 1. The zero-order valence-corrected chi connectivity index (χ0v) is 17.2. The molecule has 156 valence electrons. The van der Waals surface area contributed by atoms with Crippen molar-refractivity contribution >= 4 is 22.6 Å². The molecular formula is C22H30N4O3. The molecular weight excluding hydrogens is 368 g/mol. The molecule has 1 amide bonds. The van der Waals surface area contributed by atoms with Crippen molar-refractivity contribution in [2.45, 2.75) is 13.3 Å². The predicted octanol–water partition coefficient (Wildman–Crippen LogP) is 1.39. The minimum atomic E-state index is 0.137. The van der Waals surface area contributed by atoms with Crippen LogP contribution in [0.25, 0.3) is 10.9 Å². The Kier molecular flexibility index (Phi) is 6.28. The molecule has 1 aromatic heterocycles. The molecule has 0 aliphatic carbocycles. The molecule has 1 N–H and O–H groups in total. The van der Waals surface area contributed by atoms with Gasteiger partial charge in [0.1, 0.15) is 0 Å². The highest BCUT2D eigenvalue weighted by atomic mass is 16.5. The molecule has 2 aromatic rings. The first-order valence-corrected chi connectivity index (χ1v) is 10.6. The van der Waals surface area contributed by atoms with E-state index in [2.05, 4.69) is 27.8 Å². The third-order valence-electron chi connectivity index (χ3n) is 6.04. The van der Waals surface area contributed by atoms with Crippen LogP contribution in [0.3, 0.4) is 0 Å². The predicted molar refractivity (Wildman–Crippen MR) is 112 cm³/mol. The van der Waals surface area contributed by atoms with Gasteiger partial charge in [-0.2, -0.15) is 0 Å². The number of nitrogens with zero attached hydrogens (tertiary/aromatic N) is 3. The highest BCUT2D eigenvalue weighted by Gasteiger charge is 2.25. The topological polar surface area (TPSA) is 68.9 Å². The number of ketones is 1. The van der Waals surface area contributed by atoms with E-state index < -0.39 is 0 Å². The summed E-state index contributed by atoms with van der Waals surface area (Å²) in [6, 6.07) is 6.13. The van der Waals surface area contributed by atoms with Gasteiger partial charge in [-0.15, -0.1) is 0 Å². The molecule has 0 bridgehead atoms. The molecule has 0 unspecified atom stereocenters. The number of hydrogen-bond donors (Lipinski definition) is 1. The van der Waals surface area contributed by atoms with Crippen molar-refractivity contribution in [3.63, 3.8) is 0 Å². The number of aromatic nitrogens is 1. The van der Waals surface area contributed by atoms with Crippen LogP contribution in [-0.2, 0) is 16.0 Å². The number of carbonyl (C=O) groups is 2. The van der Waals surface area contributed by atoms with E-state index in [0.29, 0.717) is 39.4 Å². The maximum absolute atomic E-state index is 12.9. The number of nitrogens with one attached hydrogen (secondary N) is 1. The largest absolute Gasteiger partial charge is 0.379 e. The number of ether oxygens (including phenoxy) is 1. The molecule has 3 heterocycles. The Morgan fingerprint density at radius 1 is 1.00 bits per heavy atom. The minimum absolute atomic E-state index is 0.137. The first kappa shape index (κ1) is 20.1. The van der Waals surface area contributed by atoms with Crippen LogP contribution in [0.2, 0.25) is 0 Å². The van der Waals surface area contributed by atoms with E-state index in [9.17, 15) is 9.59 Å². The Labute approximate surface area is 171 Å². The van der Waals surface area contributed by atoms with E-state index >= 15 is 0 Å². The molecule has 1 aromatic carbocycles. The van der Waals surface area contributed by atoms with Gasteiger partial charge in [-0.25, -0.2) is 0 Å². The number of fused-ring (bicyclic) bond motifs is 1. The van der Waals surface area contributed by atoms with Gasteiger partial charge in [-0.1, -0.05) is 25.1 Å². The Bertz CT molecular complexity index is 864. The van der Waals surface area contributed by atoms with Gasteiger partial charge in [0.05, 0.1) is 26.3 Å². The fraction of sp³-hybridized carbons (Fsp3) is 0.545. The number of carbonyl (C=O) groups excluding carboxylic acids is 2. The number of aryl methyl sites for hydroxylation is 1. The summed E-state index contributed by atoms with van der Waals surface area (Å²) in [6.45, 7) is 8.90. The molecule has 0 saturated carbocycles. The van der Waals surface area contributed by atoms with Crippen molar-refractivity contribution in [2.75, 3.05) is 65.6 Å². The van der Waals surface area contributed by atoms with Crippen molar-refractivity contribution < 1.29 is 14.3 Å². The number of hydrogen-bond acceptors (Lipinski definition) is 5. The molecule has 0 atom stereocenters. The van der Waals surface area contributed by atoms with Gasteiger partial charge in [0.15, 0.2) is 5.78 Å². The highest BCUT2D eigenvalue weighted by molar-refractivity contribution is 6.09. The molecule has 0 radical (unpaired) electrons. The zero-order valence-electron chi connectivity index (χ0n) is 17.2. The molecule has 4 rings (SSSR count). The molecule has 2 aliphatic rings. The lowest BCUT2D eigenvalue weighted by Crippen LogP contribution is -2.52. The number of rotatable bonds is 6. The molecule has 0 spiro atoms. The Morgan fingerprint density at radius 3 is 2.45 bits per heavy atom. The van der Waals surface area contributed by atoms with Crippen molar-refractivity contribution in [3.8, 4) is 0 Å². The van der Waals surface area contributed by atoms with Gasteiger partial charge >= 0.3 is 0 Å². The average molecular weight is 399 g/mol. The maximum atomic E-state index is 12.9. The van der Waals surface area contributed by atoms with Gasteiger partial charge in [0.2, 0.25) is 5.91 Å². The van der Waals surface area contributed by atoms with E-state index in [4.69, 9.17) is 4.74 Å². The van der Waals surface area contributed by atoms with Crippen LogP contribution in [0.5, 0.6) is 0 Å². The monoisotopic (exact) mass is 398 g/mol. The second kappa shape index (κ2) is 9.07. The number of para-hydroxylation sites is 1. The average Bonchev–Trinajstić information content (AvgIpc) is 3.19. The molecule has 2 aliphatic heterocycles. The third-order valence-corrected chi connectivity index (χ3v) is 6.04. The van der Waals surface area contributed by atoms with Crippen LogP contribution >= 0.6 is 0 Å². The van der Waals surface area contributed by atoms with E-state index in [1.807, 2.05) is 23.2 Å². The first-order valence-electron chi connectivity index (χ1n) is 10.6. The smallest absolute Gasteiger partial charge is 0.236 e. The van der Waals surface area contributed by atoms with E-state index in [0.717, 1.165) is 49.1 Å². The number of morpholine rings is 1. The van der Waals surface area contributed by atoms with Crippen molar-refractivity contribution in [3.05, 3.63) is 35.5 Å². The number of piperazine rings is 1. The van der Waals surface area contributed by atoms with Crippen molar-refractivity contribution in [2.24, 2.45) is 0 Å². The fourth-order valence-electron chi connectivity index (χ4n) is 4.24. The molecule has 7 heteroatoms. The van der Waals surface area contributed by atoms with Crippen LogP contribution in [0.15, 0.2) is 24.4 Å². The summed E-state index contributed by atoms with van der Waals surface area (Å²) in [5, 5.41) is 1.01. The lowest BCUT2D eigenvalue weighted by atomic mass is 10.0. The Balaban J connectivity index is 1.30. The molecule has 2 fully saturated rings. The number of H-pyrrole nitrogens is 1. The van der Waals surface area contributed by atoms with E-state index in [1.165, 1.54) is 5.56 Å². The van der Waals surface area contributed by atoms with Crippen LogP contribution in [0.1, 0.15) is 22.8 Å². The highest BCUT2D eigenvalue weighted by Crippen LogP contribution is 2.23. The summed E-state index contributed by atoms with van der Waals surface area (Å²) in [7, 11) is 0. The van der Waals surface area contributed by atoms with Gasteiger partial charge in [-0.3, -0.25) is 19.4 Å². The minimum Gasteiger partial charge on any atom is -0.379 e. The lowest BCUT2D eigenvalue weighted by molar-refractivity contribution is -0.135. The summed E-state index contributed by atoms with van der Waals surface area (Å²) in [6.07, 6.45) is 2.78. The second-order valence-electron chi connectivity index (χ2n) is 7.86. The van der Waals surface area contributed by atoms with Crippen LogP contribution in [0, 0.1) is 0 Å². The normalized spacial score (nSPS) is 19.0. The van der Waals surface area contributed by atoms with Crippen molar-refractivity contribution in [1.82, 2.24) is 19.7 Å². The second-order valence-corrected chi connectivity index (χ2v) is 7.86. The van der Waals surface area contributed by atoms with Gasteiger partial charge in [0, 0.05) is 61.9 Å². The maximum Gasteiger partial charge on any atom is 0.236 e. The number of amides is 1. The summed E-state index contributed by atoms with van der Waals surface area (Å²) in [5.74, 6) is 0.319. The standard InChI is InChI=1S/C22H30N4O3/c1-2-17-4-3-5-18-19(14-23-22(17)18)20(27)15-24-6-8-26(9-7-24)21(28)16-25-10-12-29-13-11-25/h3-5,14,23H,2,6-13,15-16H2,1H3. The quantitative estimate of drug-likeness (QED) is 0.745. The molecule has 2 saturated heterocycles. The van der Waals surface area contributed by atoms with Gasteiger partial charge in [-0.05, 0) is 12.0 Å². The number of benzene rings is 1. The van der Waals surface area contributed by atoms with Crippen LogP contribution in [-0.4, -0.2) is 96.9 Å². The first-order chi connectivity index (χ1) is 14.2. The summed E-state index contributed by atoms with van der Waals surface area (Å²) in [5.41, 5.74) is 3.06. The fourth-order valence-corrected chi connectivity index (χ4v) is 4.24. The molecule has 7 nitrogen and oxygen atoms in total. The van der Waals surface area contributed by atoms with Crippen LogP contribution in [0.4, 0.5) is 0 Å². The zero-order chi connectivity index (χ0) is 20.2. The van der Waals surface area contributed by atoms with Gasteiger partial charge < -0.3 is 14.6 Å². The number of aromatic amines is 1. The SMILES string of the molecule is CCc1cccc2c(C(=O)CN3CCN(C(=O)CN4CCOCC4)CC3)c[nH]c12. The summed E-state index contributed by atoms with van der Waals surface area (Å²) >= 11 is 0.